The lowest BCUT2D eigenvalue weighted by Gasteiger charge is -2.04. The third-order valence-corrected chi connectivity index (χ3v) is 4.95. The number of rotatable bonds is 4. The summed E-state index contributed by atoms with van der Waals surface area (Å²) in [6, 6.07) is 7.34. The summed E-state index contributed by atoms with van der Waals surface area (Å²) in [6.45, 7) is 4.52. The number of ether oxygens (including phenoxy) is 2. The van der Waals surface area contributed by atoms with Crippen LogP contribution in [0.4, 0.5) is 0 Å². The topological polar surface area (TPSA) is 89.1 Å². The highest BCUT2D eigenvalue weighted by Gasteiger charge is 2.16. The Balaban J connectivity index is 1.44. The van der Waals surface area contributed by atoms with Crippen molar-refractivity contribution in [3.05, 3.63) is 46.2 Å². The Kier molecular flexibility index (Phi) is 3.89. The van der Waals surface area contributed by atoms with Gasteiger partial charge in [-0.05, 0) is 37.6 Å². The molecule has 8 heteroatoms. The molecule has 7 nitrogen and oxygen atoms in total. The number of nitrogens with zero attached hydrogens (tertiary/aromatic N) is 2. The maximum atomic E-state index is 12.3. The summed E-state index contributed by atoms with van der Waals surface area (Å²) >= 11 is 1.57. The van der Waals surface area contributed by atoms with E-state index in [1.54, 1.807) is 17.4 Å². The summed E-state index contributed by atoms with van der Waals surface area (Å²) in [5.74, 6) is 1.19. The number of H-pyrrole nitrogens is 1. The summed E-state index contributed by atoms with van der Waals surface area (Å²) in [4.78, 5) is 17.7. The summed E-state index contributed by atoms with van der Waals surface area (Å²) in [6.07, 6.45) is 0. The number of carbonyl (C=O) groups excluding carboxylic acids is 1. The normalized spacial score (nSPS) is 12.4. The van der Waals surface area contributed by atoms with Crippen molar-refractivity contribution in [2.45, 2.75) is 20.4 Å². The standard InChI is InChI=1S/C17H16N4O3S/c1-9-16(25-10(2)19-9)12-6-13(21-20-12)17(22)18-7-11-3-4-14-15(5-11)24-8-23-14/h3-6H,7-8H2,1-2H3,(H,18,22)(H,20,21). The van der Waals surface area contributed by atoms with E-state index in [9.17, 15) is 4.79 Å². The van der Waals surface area contributed by atoms with Crippen molar-refractivity contribution in [3.63, 3.8) is 0 Å². The Hall–Kier alpha value is -2.87. The molecule has 1 aliphatic heterocycles. The predicted octanol–water partition coefficient (Wildman–Crippen LogP) is 2.81. The third-order valence-electron chi connectivity index (χ3n) is 3.85. The number of aromatic amines is 1. The SMILES string of the molecule is Cc1nc(C)c(-c2cc(C(=O)NCc3ccc4c(c3)OCO4)n[nH]2)s1. The van der Waals surface area contributed by atoms with E-state index in [0.717, 1.165) is 32.6 Å². The molecule has 4 rings (SSSR count). The van der Waals surface area contributed by atoms with Crippen molar-refractivity contribution in [3.8, 4) is 22.1 Å². The lowest BCUT2D eigenvalue weighted by Crippen LogP contribution is -2.23. The van der Waals surface area contributed by atoms with Crippen LogP contribution in [0.1, 0.15) is 26.8 Å². The number of fused-ring (bicyclic) bond motifs is 1. The minimum atomic E-state index is -0.237. The summed E-state index contributed by atoms with van der Waals surface area (Å²) in [5.41, 5.74) is 3.01. The van der Waals surface area contributed by atoms with Gasteiger partial charge in [0.05, 0.1) is 21.3 Å². The fourth-order valence-electron chi connectivity index (χ4n) is 2.66. The molecule has 128 valence electrons. The van der Waals surface area contributed by atoms with E-state index >= 15 is 0 Å². The zero-order valence-corrected chi connectivity index (χ0v) is 14.6. The number of aryl methyl sites for hydroxylation is 2. The average Bonchev–Trinajstić information content (AvgIpc) is 3.31. The van der Waals surface area contributed by atoms with Gasteiger partial charge in [0, 0.05) is 6.54 Å². The van der Waals surface area contributed by atoms with Gasteiger partial charge in [0.25, 0.3) is 5.91 Å². The number of benzene rings is 1. The van der Waals surface area contributed by atoms with Gasteiger partial charge < -0.3 is 14.8 Å². The molecule has 1 amide bonds. The van der Waals surface area contributed by atoms with Crippen molar-refractivity contribution in [2.75, 3.05) is 6.79 Å². The zero-order chi connectivity index (χ0) is 17.4. The van der Waals surface area contributed by atoms with Gasteiger partial charge in [-0.25, -0.2) is 4.98 Å². The van der Waals surface area contributed by atoms with Crippen LogP contribution in [0.2, 0.25) is 0 Å². The minimum absolute atomic E-state index is 0.234. The molecule has 1 aromatic carbocycles. The molecule has 3 heterocycles. The summed E-state index contributed by atoms with van der Waals surface area (Å²) < 4.78 is 10.6. The highest BCUT2D eigenvalue weighted by Crippen LogP contribution is 2.32. The van der Waals surface area contributed by atoms with Crippen LogP contribution in [0.15, 0.2) is 24.3 Å². The maximum absolute atomic E-state index is 12.3. The fraction of sp³-hybridized carbons (Fsp3) is 0.235. The quantitative estimate of drug-likeness (QED) is 0.750. The Morgan fingerprint density at radius 1 is 1.28 bits per heavy atom. The first kappa shape index (κ1) is 15.6. The van der Waals surface area contributed by atoms with E-state index in [1.807, 2.05) is 32.0 Å². The molecule has 0 aliphatic carbocycles. The predicted molar refractivity (Wildman–Crippen MR) is 92.9 cm³/mol. The van der Waals surface area contributed by atoms with Gasteiger partial charge >= 0.3 is 0 Å². The number of hydrogen-bond donors (Lipinski definition) is 2. The van der Waals surface area contributed by atoms with Gasteiger partial charge in [0.1, 0.15) is 0 Å². The molecule has 1 aliphatic rings. The summed E-state index contributed by atoms with van der Waals surface area (Å²) in [7, 11) is 0. The first-order valence-electron chi connectivity index (χ1n) is 7.76. The van der Waals surface area contributed by atoms with Crippen molar-refractivity contribution < 1.29 is 14.3 Å². The zero-order valence-electron chi connectivity index (χ0n) is 13.8. The van der Waals surface area contributed by atoms with Gasteiger partial charge in [-0.3, -0.25) is 9.89 Å². The van der Waals surface area contributed by atoms with Crippen molar-refractivity contribution in [1.29, 1.82) is 0 Å². The number of hydrogen-bond acceptors (Lipinski definition) is 6. The molecule has 0 bridgehead atoms. The second-order valence-electron chi connectivity index (χ2n) is 5.68. The number of aromatic nitrogens is 3. The first-order chi connectivity index (χ1) is 12.1. The Labute approximate surface area is 148 Å². The molecule has 3 aromatic rings. The van der Waals surface area contributed by atoms with E-state index in [4.69, 9.17) is 9.47 Å². The molecule has 25 heavy (non-hydrogen) atoms. The molecule has 0 saturated carbocycles. The van der Waals surface area contributed by atoms with Gasteiger partial charge in [0.2, 0.25) is 6.79 Å². The molecular weight excluding hydrogens is 340 g/mol. The van der Waals surface area contributed by atoms with Crippen LogP contribution in [-0.4, -0.2) is 27.9 Å². The van der Waals surface area contributed by atoms with Crippen LogP contribution >= 0.6 is 11.3 Å². The van der Waals surface area contributed by atoms with Crippen LogP contribution in [0.5, 0.6) is 11.5 Å². The van der Waals surface area contributed by atoms with E-state index in [-0.39, 0.29) is 12.7 Å². The highest BCUT2D eigenvalue weighted by molar-refractivity contribution is 7.15. The van der Waals surface area contributed by atoms with Gasteiger partial charge in [-0.1, -0.05) is 6.07 Å². The molecule has 2 aromatic heterocycles. The van der Waals surface area contributed by atoms with Crippen LogP contribution in [0.3, 0.4) is 0 Å². The second-order valence-corrected chi connectivity index (χ2v) is 6.89. The second kappa shape index (κ2) is 6.21. The average molecular weight is 356 g/mol. The number of carbonyl (C=O) groups is 1. The van der Waals surface area contributed by atoms with Crippen LogP contribution in [0.25, 0.3) is 10.6 Å². The third kappa shape index (κ3) is 3.08. The van der Waals surface area contributed by atoms with Crippen LogP contribution < -0.4 is 14.8 Å². The van der Waals surface area contributed by atoms with Crippen LogP contribution in [-0.2, 0) is 6.54 Å². The molecule has 0 saturated heterocycles. The Morgan fingerprint density at radius 2 is 2.12 bits per heavy atom. The maximum Gasteiger partial charge on any atom is 0.272 e. The van der Waals surface area contributed by atoms with Gasteiger partial charge in [-0.2, -0.15) is 5.10 Å². The molecule has 0 spiro atoms. The van der Waals surface area contributed by atoms with Crippen LogP contribution in [0, 0.1) is 13.8 Å². The van der Waals surface area contributed by atoms with Crippen molar-refractivity contribution >= 4 is 17.2 Å². The largest absolute Gasteiger partial charge is 0.454 e. The van der Waals surface area contributed by atoms with E-state index in [1.165, 1.54) is 0 Å². The summed E-state index contributed by atoms with van der Waals surface area (Å²) in [5, 5.41) is 10.9. The number of thiazole rings is 1. The molecule has 0 radical (unpaired) electrons. The molecular formula is C17H16N4O3S. The number of amides is 1. The number of nitrogens with one attached hydrogen (secondary N) is 2. The lowest BCUT2D eigenvalue weighted by molar-refractivity contribution is 0.0946. The van der Waals surface area contributed by atoms with Crippen molar-refractivity contribution in [2.24, 2.45) is 0 Å². The molecule has 0 unspecified atom stereocenters. The Bertz CT molecular complexity index is 947. The van der Waals surface area contributed by atoms with Gasteiger partial charge in [0.15, 0.2) is 17.2 Å². The lowest BCUT2D eigenvalue weighted by atomic mass is 10.2. The minimum Gasteiger partial charge on any atom is -0.454 e. The molecule has 0 atom stereocenters. The molecule has 2 N–H and O–H groups in total. The first-order valence-corrected chi connectivity index (χ1v) is 8.58. The fourth-order valence-corrected chi connectivity index (χ4v) is 3.55. The molecule has 0 fully saturated rings. The smallest absolute Gasteiger partial charge is 0.272 e. The van der Waals surface area contributed by atoms with Crippen molar-refractivity contribution in [1.82, 2.24) is 20.5 Å². The highest BCUT2D eigenvalue weighted by atomic mass is 32.1. The van der Waals surface area contributed by atoms with E-state index in [0.29, 0.717) is 18.0 Å². The van der Waals surface area contributed by atoms with E-state index in [2.05, 4.69) is 20.5 Å². The monoisotopic (exact) mass is 356 g/mol. The van der Waals surface area contributed by atoms with E-state index < -0.39 is 0 Å². The Morgan fingerprint density at radius 3 is 2.92 bits per heavy atom. The van der Waals surface area contributed by atoms with Gasteiger partial charge in [-0.15, -0.1) is 11.3 Å².